The minimum Gasteiger partial charge on any atom is -0.497 e. The Morgan fingerprint density at radius 3 is 2.86 bits per heavy atom. The van der Waals surface area contributed by atoms with Crippen LogP contribution >= 0.6 is 0 Å². The SMILES string of the molecule is CNCCc1cc(OC)ccc1S(=O)(=O)NC1CCOC1. The third kappa shape index (κ3) is 4.16. The molecule has 0 aromatic heterocycles. The summed E-state index contributed by atoms with van der Waals surface area (Å²) in [6, 6.07) is 4.90. The Kier molecular flexibility index (Phi) is 5.58. The lowest BCUT2D eigenvalue weighted by molar-refractivity contribution is 0.192. The minimum absolute atomic E-state index is 0.144. The van der Waals surface area contributed by atoms with E-state index in [1.807, 2.05) is 7.05 Å². The largest absolute Gasteiger partial charge is 0.497 e. The van der Waals surface area contributed by atoms with E-state index in [4.69, 9.17) is 9.47 Å². The second-order valence-electron chi connectivity index (χ2n) is 5.01. The van der Waals surface area contributed by atoms with E-state index >= 15 is 0 Å². The van der Waals surface area contributed by atoms with E-state index in [0.717, 1.165) is 5.56 Å². The first-order valence-corrected chi connectivity index (χ1v) is 8.46. The van der Waals surface area contributed by atoms with Gasteiger partial charge in [-0.05, 0) is 50.2 Å². The highest BCUT2D eigenvalue weighted by molar-refractivity contribution is 7.89. The van der Waals surface area contributed by atoms with Crippen LogP contribution in [0.3, 0.4) is 0 Å². The molecular weight excluding hydrogens is 292 g/mol. The molecule has 7 heteroatoms. The molecule has 21 heavy (non-hydrogen) atoms. The first kappa shape index (κ1) is 16.2. The van der Waals surface area contributed by atoms with Gasteiger partial charge in [0.1, 0.15) is 5.75 Å². The molecule has 0 amide bonds. The molecule has 0 bridgehead atoms. The molecule has 1 heterocycles. The Hall–Kier alpha value is -1.15. The molecule has 1 saturated heterocycles. The quantitative estimate of drug-likeness (QED) is 0.767. The minimum atomic E-state index is -3.54. The Bertz CT molecular complexity index is 568. The van der Waals surface area contributed by atoms with Gasteiger partial charge in [-0.15, -0.1) is 0 Å². The number of methoxy groups -OCH3 is 1. The highest BCUT2D eigenvalue weighted by Gasteiger charge is 2.25. The van der Waals surface area contributed by atoms with Gasteiger partial charge in [-0.1, -0.05) is 0 Å². The molecule has 1 aromatic carbocycles. The molecule has 1 aliphatic heterocycles. The number of likely N-dealkylation sites (N-methyl/N-ethyl adjacent to an activating group) is 1. The van der Waals surface area contributed by atoms with E-state index in [1.54, 1.807) is 25.3 Å². The number of hydrogen-bond donors (Lipinski definition) is 2. The van der Waals surface area contributed by atoms with E-state index in [2.05, 4.69) is 10.0 Å². The predicted octanol–water partition coefficient (Wildman–Crippen LogP) is 0.524. The van der Waals surface area contributed by atoms with Gasteiger partial charge in [-0.2, -0.15) is 0 Å². The number of nitrogens with one attached hydrogen (secondary N) is 2. The molecule has 1 aliphatic rings. The maximum atomic E-state index is 12.5. The zero-order chi connectivity index (χ0) is 15.3. The smallest absolute Gasteiger partial charge is 0.241 e. The van der Waals surface area contributed by atoms with Gasteiger partial charge in [0.25, 0.3) is 0 Å². The van der Waals surface area contributed by atoms with Gasteiger partial charge in [0.2, 0.25) is 10.0 Å². The van der Waals surface area contributed by atoms with Crippen molar-refractivity contribution in [2.45, 2.75) is 23.8 Å². The van der Waals surface area contributed by atoms with Crippen molar-refractivity contribution in [3.8, 4) is 5.75 Å². The first-order valence-electron chi connectivity index (χ1n) is 6.98. The van der Waals surface area contributed by atoms with Crippen LogP contribution in [0.1, 0.15) is 12.0 Å². The normalized spacial score (nSPS) is 18.9. The predicted molar refractivity (Wildman–Crippen MR) is 80.2 cm³/mol. The van der Waals surface area contributed by atoms with E-state index in [9.17, 15) is 8.42 Å². The van der Waals surface area contributed by atoms with E-state index in [0.29, 0.717) is 43.2 Å². The van der Waals surface area contributed by atoms with Gasteiger partial charge in [0.05, 0.1) is 18.6 Å². The van der Waals surface area contributed by atoms with Crippen LogP contribution in [-0.2, 0) is 21.2 Å². The number of ether oxygens (including phenoxy) is 2. The fraction of sp³-hybridized carbons (Fsp3) is 0.571. The number of hydrogen-bond acceptors (Lipinski definition) is 5. The van der Waals surface area contributed by atoms with Crippen molar-refractivity contribution in [3.05, 3.63) is 23.8 Å². The highest BCUT2D eigenvalue weighted by atomic mass is 32.2. The van der Waals surface area contributed by atoms with Crippen molar-refractivity contribution in [2.75, 3.05) is 33.9 Å². The molecule has 2 N–H and O–H groups in total. The molecule has 0 radical (unpaired) electrons. The van der Waals surface area contributed by atoms with Crippen LogP contribution in [0.5, 0.6) is 5.75 Å². The average Bonchev–Trinajstić information content (AvgIpc) is 2.96. The lowest BCUT2D eigenvalue weighted by atomic mass is 10.1. The Labute approximate surface area is 125 Å². The molecule has 1 atom stereocenters. The molecule has 0 saturated carbocycles. The maximum Gasteiger partial charge on any atom is 0.241 e. The second kappa shape index (κ2) is 7.22. The molecule has 1 aromatic rings. The van der Waals surface area contributed by atoms with Gasteiger partial charge in [-0.25, -0.2) is 13.1 Å². The van der Waals surface area contributed by atoms with Gasteiger partial charge in [-0.3, -0.25) is 0 Å². The summed E-state index contributed by atoms with van der Waals surface area (Å²) in [7, 11) is -0.138. The second-order valence-corrected chi connectivity index (χ2v) is 6.69. The van der Waals surface area contributed by atoms with Crippen LogP contribution in [0.25, 0.3) is 0 Å². The zero-order valence-corrected chi connectivity index (χ0v) is 13.2. The van der Waals surface area contributed by atoms with Crippen molar-refractivity contribution in [1.82, 2.24) is 10.0 Å². The monoisotopic (exact) mass is 314 g/mol. The number of benzene rings is 1. The third-order valence-corrected chi connectivity index (χ3v) is 5.07. The van der Waals surface area contributed by atoms with Crippen LogP contribution in [0.2, 0.25) is 0 Å². The fourth-order valence-electron chi connectivity index (χ4n) is 2.31. The standard InChI is InChI=1S/C14H22N2O4S/c1-15-7-5-11-9-13(19-2)3-4-14(11)21(17,18)16-12-6-8-20-10-12/h3-4,9,12,15-16H,5-8,10H2,1-2H3. The fourth-order valence-corrected chi connectivity index (χ4v) is 3.82. The van der Waals surface area contributed by atoms with E-state index in [1.165, 1.54) is 0 Å². The molecular formula is C14H22N2O4S. The highest BCUT2D eigenvalue weighted by Crippen LogP contribution is 2.23. The molecule has 6 nitrogen and oxygen atoms in total. The Balaban J connectivity index is 2.26. The lowest BCUT2D eigenvalue weighted by Crippen LogP contribution is -2.35. The van der Waals surface area contributed by atoms with Gasteiger partial charge in [0, 0.05) is 12.6 Å². The average molecular weight is 314 g/mol. The summed E-state index contributed by atoms with van der Waals surface area (Å²) >= 11 is 0. The van der Waals surface area contributed by atoms with E-state index < -0.39 is 10.0 Å². The van der Waals surface area contributed by atoms with Crippen molar-refractivity contribution < 1.29 is 17.9 Å². The number of sulfonamides is 1. The number of rotatable bonds is 7. The van der Waals surface area contributed by atoms with Crippen LogP contribution in [0.4, 0.5) is 0 Å². The molecule has 1 unspecified atom stereocenters. The van der Waals surface area contributed by atoms with Crippen LogP contribution in [0.15, 0.2) is 23.1 Å². The van der Waals surface area contributed by atoms with Crippen molar-refractivity contribution in [1.29, 1.82) is 0 Å². The van der Waals surface area contributed by atoms with Crippen molar-refractivity contribution >= 4 is 10.0 Å². The van der Waals surface area contributed by atoms with Gasteiger partial charge >= 0.3 is 0 Å². The summed E-state index contributed by atoms with van der Waals surface area (Å²) in [4.78, 5) is 0.311. The third-order valence-electron chi connectivity index (χ3n) is 3.45. The summed E-state index contributed by atoms with van der Waals surface area (Å²) in [6.45, 7) is 1.73. The van der Waals surface area contributed by atoms with Gasteiger partial charge in [0.15, 0.2) is 0 Å². The first-order chi connectivity index (χ1) is 10.1. The zero-order valence-electron chi connectivity index (χ0n) is 12.4. The topological polar surface area (TPSA) is 76.7 Å². The summed E-state index contributed by atoms with van der Waals surface area (Å²) in [5.41, 5.74) is 0.745. The summed E-state index contributed by atoms with van der Waals surface area (Å²) in [5.74, 6) is 0.657. The summed E-state index contributed by atoms with van der Waals surface area (Å²) in [6.07, 6.45) is 1.33. The van der Waals surface area contributed by atoms with Crippen molar-refractivity contribution in [2.24, 2.45) is 0 Å². The molecule has 0 spiro atoms. The Morgan fingerprint density at radius 1 is 1.43 bits per heavy atom. The summed E-state index contributed by atoms with van der Waals surface area (Å²) < 4.78 is 38.2. The Morgan fingerprint density at radius 2 is 2.24 bits per heavy atom. The van der Waals surface area contributed by atoms with E-state index in [-0.39, 0.29) is 6.04 Å². The molecule has 118 valence electrons. The molecule has 1 fully saturated rings. The maximum absolute atomic E-state index is 12.5. The molecule has 2 rings (SSSR count). The van der Waals surface area contributed by atoms with Crippen LogP contribution in [-0.4, -0.2) is 48.4 Å². The lowest BCUT2D eigenvalue weighted by Gasteiger charge is -2.15. The molecule has 0 aliphatic carbocycles. The van der Waals surface area contributed by atoms with Crippen LogP contribution < -0.4 is 14.8 Å². The summed E-state index contributed by atoms with van der Waals surface area (Å²) in [5, 5.41) is 3.03. The van der Waals surface area contributed by atoms with Crippen LogP contribution in [0, 0.1) is 0 Å². The van der Waals surface area contributed by atoms with Crippen molar-refractivity contribution in [3.63, 3.8) is 0 Å². The van der Waals surface area contributed by atoms with Gasteiger partial charge < -0.3 is 14.8 Å².